The number of hydrogen-bond donors (Lipinski definition) is 6. The van der Waals surface area contributed by atoms with Crippen LogP contribution in [0.3, 0.4) is 0 Å². The molecule has 11 nitrogen and oxygen atoms in total. The summed E-state index contributed by atoms with van der Waals surface area (Å²) in [7, 11) is -3.63. The van der Waals surface area contributed by atoms with Crippen LogP contribution in [0.25, 0.3) is 0 Å². The van der Waals surface area contributed by atoms with E-state index in [1.54, 1.807) is 0 Å². The predicted octanol–water partition coefficient (Wildman–Crippen LogP) is -0.0753. The molecule has 4 rings (SSSR count). The monoisotopic (exact) mass is 480 g/mol. The summed E-state index contributed by atoms with van der Waals surface area (Å²) in [5.41, 5.74) is 5.18. The summed E-state index contributed by atoms with van der Waals surface area (Å²) in [5.74, 6) is 0. The van der Waals surface area contributed by atoms with Gasteiger partial charge in [-0.05, 0) is 43.2 Å². The number of hydrogen-bond acceptors (Lipinski definition) is 9. The fourth-order valence-corrected chi connectivity index (χ4v) is 5.61. The summed E-state index contributed by atoms with van der Waals surface area (Å²) in [6, 6.07) is 1.31. The Morgan fingerprint density at radius 1 is 1.27 bits per heavy atom. The van der Waals surface area contributed by atoms with Gasteiger partial charge in [0.1, 0.15) is 0 Å². The van der Waals surface area contributed by atoms with E-state index in [0.29, 0.717) is 0 Å². The molecule has 3 unspecified atom stereocenters. The maximum atomic E-state index is 13.1. The lowest BCUT2D eigenvalue weighted by Gasteiger charge is -2.22. The third kappa shape index (κ3) is 4.63. The van der Waals surface area contributed by atoms with Gasteiger partial charge in [0.25, 0.3) is 0 Å². The van der Waals surface area contributed by atoms with Crippen molar-refractivity contribution >= 4 is 15.6 Å². The first kappa shape index (κ1) is 24.0. The summed E-state index contributed by atoms with van der Waals surface area (Å²) in [5, 5.41) is 51.9. The van der Waals surface area contributed by atoms with Gasteiger partial charge in [-0.15, -0.1) is 0 Å². The van der Waals surface area contributed by atoms with Crippen molar-refractivity contribution in [2.75, 3.05) is 11.9 Å². The van der Waals surface area contributed by atoms with Crippen LogP contribution in [0.2, 0.25) is 0 Å². The van der Waals surface area contributed by atoms with Crippen molar-refractivity contribution in [3.05, 3.63) is 34.3 Å². The number of pyridine rings is 1. The lowest BCUT2D eigenvalue weighted by molar-refractivity contribution is 0.0760. The maximum absolute atomic E-state index is 13.1. The molecule has 2 aliphatic carbocycles. The highest BCUT2D eigenvalue weighted by molar-refractivity contribution is 7.91. The molecule has 182 valence electrons. The zero-order valence-electron chi connectivity index (χ0n) is 18.9. The number of rotatable bonds is 8. The first-order valence-electron chi connectivity index (χ1n) is 11.1. The highest BCUT2D eigenvalue weighted by Crippen LogP contribution is 2.44. The Morgan fingerprint density at radius 2 is 2.03 bits per heavy atom. The summed E-state index contributed by atoms with van der Waals surface area (Å²) >= 11 is 0. The van der Waals surface area contributed by atoms with E-state index >= 15 is 0 Å². The van der Waals surface area contributed by atoms with E-state index in [2.05, 4.69) is 28.6 Å². The average Bonchev–Trinajstić information content (AvgIpc) is 3.45. The number of nitrogens with two attached hydrogens (primary N) is 1. The molecule has 3 atom stereocenters. The molecule has 7 N–H and O–H groups in total. The van der Waals surface area contributed by atoms with E-state index in [1.807, 2.05) is 0 Å². The van der Waals surface area contributed by atoms with Crippen LogP contribution < -0.4 is 10.5 Å². The van der Waals surface area contributed by atoms with E-state index in [0.717, 1.165) is 60.3 Å². The van der Waals surface area contributed by atoms with Crippen LogP contribution >= 0.6 is 0 Å². The van der Waals surface area contributed by atoms with Gasteiger partial charge in [0.15, 0.2) is 14.9 Å². The van der Waals surface area contributed by atoms with Crippen LogP contribution in [0.15, 0.2) is 15.5 Å². The summed E-state index contributed by atoms with van der Waals surface area (Å²) < 4.78 is 18.2. The molecule has 0 aromatic carbocycles. The van der Waals surface area contributed by atoms with Gasteiger partial charge in [0, 0.05) is 22.9 Å². The first-order valence-corrected chi connectivity index (χ1v) is 12.6. The molecule has 12 heteroatoms. The van der Waals surface area contributed by atoms with Gasteiger partial charge in [-0.1, -0.05) is 13.8 Å². The number of anilines is 1. The molecule has 0 spiro atoms. The SMILES string of the molecule is CC1(C)CCc2c1nc1c(c2NC(O)N=S(N)(=O)c2cc(CO)n(CC(O)CO)n2)CCC1. The number of nitrogens with one attached hydrogen (secondary N) is 1. The third-order valence-corrected chi connectivity index (χ3v) is 7.70. The molecule has 2 aromatic heterocycles. The van der Waals surface area contributed by atoms with Crippen molar-refractivity contribution in [2.24, 2.45) is 9.50 Å². The van der Waals surface area contributed by atoms with Gasteiger partial charge >= 0.3 is 0 Å². The van der Waals surface area contributed by atoms with E-state index in [4.69, 9.17) is 15.2 Å². The van der Waals surface area contributed by atoms with Gasteiger partial charge in [0.05, 0.1) is 37.3 Å². The van der Waals surface area contributed by atoms with Crippen molar-refractivity contribution in [1.29, 1.82) is 0 Å². The molecule has 0 aliphatic heterocycles. The predicted molar refractivity (Wildman–Crippen MR) is 122 cm³/mol. The zero-order chi connectivity index (χ0) is 24.0. The standard InChI is InChI=1S/C21H32N6O5S/c1-21(2)7-6-15-18(14-4-3-5-16(14)23-19(15)21)24-20(31)26-33(22,32)17-8-12(10-28)27(25-17)9-13(30)11-29/h8,13,20,28-31H,3-7,9-11H2,1-2H3,(H,23,24)(H2,22,26,32). The van der Waals surface area contributed by atoms with E-state index in [-0.39, 0.29) is 22.7 Å². The molecule has 0 radical (unpaired) electrons. The second-order valence-electron chi connectivity index (χ2n) is 9.32. The minimum absolute atomic E-state index is 0.0560. The zero-order valence-corrected chi connectivity index (χ0v) is 19.7. The van der Waals surface area contributed by atoms with Crippen molar-refractivity contribution < 1.29 is 24.6 Å². The minimum atomic E-state index is -3.63. The summed E-state index contributed by atoms with van der Waals surface area (Å²) in [6.07, 6.45) is 1.84. The van der Waals surface area contributed by atoms with Gasteiger partial charge in [-0.25, -0.2) is 9.35 Å². The minimum Gasteiger partial charge on any atom is -0.394 e. The van der Waals surface area contributed by atoms with Crippen molar-refractivity contribution in [2.45, 2.75) is 82.0 Å². The Kier molecular flexibility index (Phi) is 6.51. The van der Waals surface area contributed by atoms with Crippen molar-refractivity contribution in [3.8, 4) is 0 Å². The van der Waals surface area contributed by atoms with Gasteiger partial charge in [-0.3, -0.25) is 9.67 Å². The number of aliphatic hydroxyl groups is 4. The molecular weight excluding hydrogens is 448 g/mol. The number of fused-ring (bicyclic) bond motifs is 2. The van der Waals surface area contributed by atoms with Crippen molar-refractivity contribution in [1.82, 2.24) is 14.8 Å². The topological polar surface area (TPSA) is 179 Å². The molecule has 2 heterocycles. The molecule has 0 fully saturated rings. The molecule has 2 aliphatic rings. The summed E-state index contributed by atoms with van der Waals surface area (Å²) in [6.45, 7) is 3.27. The molecule has 0 bridgehead atoms. The van der Waals surface area contributed by atoms with Crippen LogP contribution in [-0.2, 0) is 47.7 Å². The van der Waals surface area contributed by atoms with Gasteiger partial charge in [-0.2, -0.15) is 9.46 Å². The largest absolute Gasteiger partial charge is 0.394 e. The number of aromatic nitrogens is 3. The fourth-order valence-electron chi connectivity index (χ4n) is 4.63. The molecule has 0 saturated heterocycles. The van der Waals surface area contributed by atoms with Gasteiger partial charge in [0.2, 0.25) is 6.35 Å². The Labute approximate surface area is 193 Å². The van der Waals surface area contributed by atoms with E-state index in [1.165, 1.54) is 10.7 Å². The van der Waals surface area contributed by atoms with Crippen LogP contribution in [-0.4, -0.2) is 58.5 Å². The van der Waals surface area contributed by atoms with Crippen LogP contribution in [0, 0.1) is 0 Å². The van der Waals surface area contributed by atoms with Gasteiger partial charge < -0.3 is 25.7 Å². The Balaban J connectivity index is 1.65. The second-order valence-corrected chi connectivity index (χ2v) is 11.1. The average molecular weight is 481 g/mol. The number of aliphatic hydroxyl groups excluding tert-OH is 4. The van der Waals surface area contributed by atoms with Crippen molar-refractivity contribution in [3.63, 3.8) is 0 Å². The quantitative estimate of drug-likeness (QED) is 0.284. The highest BCUT2D eigenvalue weighted by atomic mass is 32.2. The molecular formula is C21H32N6O5S. The lowest BCUT2D eigenvalue weighted by Crippen LogP contribution is -2.25. The van der Waals surface area contributed by atoms with E-state index < -0.39 is 35.6 Å². The lowest BCUT2D eigenvalue weighted by atomic mass is 9.90. The number of nitrogens with zero attached hydrogens (tertiary/aromatic N) is 4. The van der Waals surface area contributed by atoms with E-state index in [9.17, 15) is 19.5 Å². The molecule has 0 saturated carbocycles. The molecule has 0 amide bonds. The fraction of sp³-hybridized carbons (Fsp3) is 0.619. The first-order chi connectivity index (χ1) is 15.6. The normalized spacial score (nSPS) is 20.1. The summed E-state index contributed by atoms with van der Waals surface area (Å²) in [4.78, 5) is 4.92. The molecule has 33 heavy (non-hydrogen) atoms. The van der Waals surface area contributed by atoms with Crippen LogP contribution in [0.1, 0.15) is 54.9 Å². The maximum Gasteiger partial charge on any atom is 0.233 e. The number of aryl methyl sites for hydroxylation is 1. The second kappa shape index (κ2) is 8.93. The third-order valence-electron chi connectivity index (χ3n) is 6.39. The Hall–Kier alpha value is -2.09. The molecule has 2 aromatic rings. The smallest absolute Gasteiger partial charge is 0.233 e. The van der Waals surface area contributed by atoms with Crippen LogP contribution in [0.5, 0.6) is 0 Å². The Morgan fingerprint density at radius 3 is 2.73 bits per heavy atom. The highest BCUT2D eigenvalue weighted by Gasteiger charge is 2.36. The van der Waals surface area contributed by atoms with Crippen LogP contribution in [0.4, 0.5) is 5.69 Å². The Bertz CT molecular complexity index is 1170.